The molecule has 0 saturated carbocycles. The van der Waals surface area contributed by atoms with Gasteiger partial charge in [0.2, 0.25) is 0 Å². The third-order valence-corrected chi connectivity index (χ3v) is 5.30. The van der Waals surface area contributed by atoms with E-state index in [1.165, 1.54) is 0 Å². The van der Waals surface area contributed by atoms with E-state index in [0.29, 0.717) is 13.1 Å². The Bertz CT molecular complexity index is 1040. The zero-order valence-electron chi connectivity index (χ0n) is 20.3. The lowest BCUT2D eigenvalue weighted by molar-refractivity contribution is 0.0941. The van der Waals surface area contributed by atoms with Crippen LogP contribution >= 0.6 is 0 Å². The Morgan fingerprint density at radius 1 is 0.618 bits per heavy atom. The van der Waals surface area contributed by atoms with E-state index in [-0.39, 0.29) is 23.2 Å². The van der Waals surface area contributed by atoms with E-state index in [4.69, 9.17) is 0 Å². The minimum absolute atomic E-state index is 0.214. The Balaban J connectivity index is 1.62. The first-order valence-corrected chi connectivity index (χ1v) is 11.3. The number of carbonyl (C=O) groups excluding carboxylic acids is 2. The van der Waals surface area contributed by atoms with Gasteiger partial charge in [0.1, 0.15) is 11.4 Å². The van der Waals surface area contributed by atoms with Crippen LogP contribution in [-0.4, -0.2) is 54.8 Å². The highest BCUT2D eigenvalue weighted by molar-refractivity contribution is 5.96. The summed E-state index contributed by atoms with van der Waals surface area (Å²) in [6.45, 7) is 2.36. The molecule has 1 heterocycles. The fourth-order valence-corrected chi connectivity index (χ4v) is 3.67. The summed E-state index contributed by atoms with van der Waals surface area (Å²) in [5.41, 5.74) is 4.84. The van der Waals surface area contributed by atoms with Gasteiger partial charge in [-0.3, -0.25) is 9.59 Å². The Kier molecular flexibility index (Phi) is 8.90. The van der Waals surface area contributed by atoms with Crippen LogP contribution in [0.25, 0.3) is 0 Å². The molecular weight excluding hydrogens is 426 g/mol. The van der Waals surface area contributed by atoms with E-state index in [1.54, 1.807) is 18.2 Å². The predicted molar refractivity (Wildman–Crippen MR) is 134 cm³/mol. The highest BCUT2D eigenvalue weighted by Crippen LogP contribution is 2.12. The zero-order valence-corrected chi connectivity index (χ0v) is 20.3. The van der Waals surface area contributed by atoms with Crippen molar-refractivity contribution in [2.24, 2.45) is 0 Å². The lowest BCUT2D eigenvalue weighted by Crippen LogP contribution is -2.28. The monoisotopic (exact) mass is 459 g/mol. The fraction of sp³-hybridized carbons (Fsp3) is 0.296. The molecular formula is C27H33N5O2. The molecule has 3 aromatic rings. The molecule has 2 aromatic carbocycles. The molecule has 178 valence electrons. The third-order valence-electron chi connectivity index (χ3n) is 5.30. The minimum Gasteiger partial charge on any atom is -0.347 e. The third kappa shape index (κ3) is 7.23. The normalized spacial score (nSPS) is 11.0. The van der Waals surface area contributed by atoms with Crippen LogP contribution < -0.4 is 10.6 Å². The quantitative estimate of drug-likeness (QED) is 0.487. The summed E-state index contributed by atoms with van der Waals surface area (Å²) in [5.74, 6) is -0.628. The van der Waals surface area contributed by atoms with E-state index in [9.17, 15) is 9.59 Å². The van der Waals surface area contributed by atoms with E-state index in [0.717, 1.165) is 35.3 Å². The second-order valence-corrected chi connectivity index (χ2v) is 8.79. The van der Waals surface area contributed by atoms with Crippen molar-refractivity contribution in [2.75, 3.05) is 28.2 Å². The molecule has 34 heavy (non-hydrogen) atoms. The van der Waals surface area contributed by atoms with Crippen molar-refractivity contribution in [3.8, 4) is 0 Å². The molecule has 2 amide bonds. The number of hydrogen-bond donors (Lipinski definition) is 2. The van der Waals surface area contributed by atoms with Crippen molar-refractivity contribution >= 4 is 11.8 Å². The van der Waals surface area contributed by atoms with Gasteiger partial charge >= 0.3 is 0 Å². The van der Waals surface area contributed by atoms with Crippen LogP contribution in [0.4, 0.5) is 0 Å². The molecule has 0 aliphatic carbocycles. The molecule has 0 atom stereocenters. The Labute approximate surface area is 201 Å². The number of rotatable bonds is 10. The Morgan fingerprint density at radius 2 is 1.00 bits per heavy atom. The molecule has 0 saturated heterocycles. The largest absolute Gasteiger partial charge is 0.347 e. The lowest BCUT2D eigenvalue weighted by atomic mass is 10.1. The van der Waals surface area contributed by atoms with Crippen LogP contribution in [0, 0.1) is 0 Å². The van der Waals surface area contributed by atoms with Gasteiger partial charge < -0.3 is 20.4 Å². The maximum absolute atomic E-state index is 12.7. The molecule has 0 aliphatic heterocycles. The average Bonchev–Trinajstić information content (AvgIpc) is 2.82. The number of carbonyl (C=O) groups is 2. The molecule has 0 radical (unpaired) electrons. The number of nitrogens with one attached hydrogen (secondary N) is 2. The summed E-state index contributed by atoms with van der Waals surface area (Å²) in [4.78, 5) is 33.9. The summed E-state index contributed by atoms with van der Waals surface area (Å²) < 4.78 is 0. The van der Waals surface area contributed by atoms with E-state index in [1.807, 2.05) is 64.6 Å². The number of aromatic nitrogens is 1. The van der Waals surface area contributed by atoms with Gasteiger partial charge in [0.15, 0.2) is 0 Å². The molecule has 1 aromatic heterocycles. The van der Waals surface area contributed by atoms with Crippen molar-refractivity contribution in [1.82, 2.24) is 25.4 Å². The maximum atomic E-state index is 12.7. The van der Waals surface area contributed by atoms with E-state index >= 15 is 0 Å². The minimum atomic E-state index is -0.314. The molecule has 0 fully saturated rings. The van der Waals surface area contributed by atoms with Gasteiger partial charge in [-0.25, -0.2) is 4.98 Å². The number of pyridine rings is 1. The lowest BCUT2D eigenvalue weighted by Gasteiger charge is -2.15. The molecule has 7 nitrogen and oxygen atoms in total. The molecule has 7 heteroatoms. The summed E-state index contributed by atoms with van der Waals surface area (Å²) >= 11 is 0. The van der Waals surface area contributed by atoms with E-state index < -0.39 is 0 Å². The number of hydrogen-bond acceptors (Lipinski definition) is 5. The van der Waals surface area contributed by atoms with Crippen molar-refractivity contribution in [2.45, 2.75) is 26.2 Å². The molecule has 3 rings (SSSR count). The van der Waals surface area contributed by atoms with Gasteiger partial charge in [-0.05, 0) is 62.6 Å². The first-order valence-electron chi connectivity index (χ1n) is 11.3. The molecule has 0 aliphatic rings. The zero-order chi connectivity index (χ0) is 24.5. The topological polar surface area (TPSA) is 77.6 Å². The smallest absolute Gasteiger partial charge is 0.270 e. The van der Waals surface area contributed by atoms with Gasteiger partial charge in [-0.15, -0.1) is 0 Å². The van der Waals surface area contributed by atoms with Crippen molar-refractivity contribution in [1.29, 1.82) is 0 Å². The van der Waals surface area contributed by atoms with Crippen LogP contribution in [0.2, 0.25) is 0 Å². The van der Waals surface area contributed by atoms with Crippen LogP contribution in [-0.2, 0) is 26.2 Å². The summed E-state index contributed by atoms with van der Waals surface area (Å²) in [6, 6.07) is 20.9. The predicted octanol–water partition coefficient (Wildman–Crippen LogP) is 3.06. The summed E-state index contributed by atoms with van der Waals surface area (Å²) in [6.07, 6.45) is 0. The van der Waals surface area contributed by atoms with Crippen LogP contribution in [0.5, 0.6) is 0 Å². The number of amides is 2. The molecule has 0 spiro atoms. The standard InChI is InChI=1S/C27H33N5O2/c1-31(2)18-22-12-7-5-10-20(22)16-28-26(33)24-14-9-15-25(30-24)27(34)29-17-21-11-6-8-13-23(21)19-32(3)4/h5-15H,16-19H2,1-4H3,(H,28,33)(H,29,34). The first-order chi connectivity index (χ1) is 16.3. The molecule has 0 bridgehead atoms. The van der Waals surface area contributed by atoms with Crippen LogP contribution in [0.15, 0.2) is 66.7 Å². The number of benzene rings is 2. The van der Waals surface area contributed by atoms with Crippen LogP contribution in [0.3, 0.4) is 0 Å². The Hall–Kier alpha value is -3.55. The van der Waals surface area contributed by atoms with Crippen molar-refractivity contribution in [3.63, 3.8) is 0 Å². The fourth-order valence-electron chi connectivity index (χ4n) is 3.67. The van der Waals surface area contributed by atoms with Gasteiger partial charge in [0, 0.05) is 26.2 Å². The van der Waals surface area contributed by atoms with Gasteiger partial charge in [-0.1, -0.05) is 54.6 Å². The Morgan fingerprint density at radius 3 is 1.38 bits per heavy atom. The highest BCUT2D eigenvalue weighted by atomic mass is 16.2. The van der Waals surface area contributed by atoms with Crippen molar-refractivity contribution < 1.29 is 9.59 Å². The SMILES string of the molecule is CN(C)Cc1ccccc1CNC(=O)c1cccc(C(=O)NCc2ccccc2CN(C)C)n1. The second kappa shape index (κ2) is 12.1. The molecule has 2 N–H and O–H groups in total. The summed E-state index contributed by atoms with van der Waals surface area (Å²) in [7, 11) is 8.04. The van der Waals surface area contributed by atoms with Crippen molar-refractivity contribution in [3.05, 3.63) is 100 Å². The van der Waals surface area contributed by atoms with Gasteiger partial charge in [0.05, 0.1) is 0 Å². The van der Waals surface area contributed by atoms with Gasteiger partial charge in [0.25, 0.3) is 11.8 Å². The van der Waals surface area contributed by atoms with Gasteiger partial charge in [-0.2, -0.15) is 0 Å². The number of nitrogens with zero attached hydrogens (tertiary/aromatic N) is 3. The van der Waals surface area contributed by atoms with E-state index in [2.05, 4.69) is 37.6 Å². The van der Waals surface area contributed by atoms with Crippen LogP contribution in [0.1, 0.15) is 43.2 Å². The second-order valence-electron chi connectivity index (χ2n) is 8.79. The molecule has 0 unspecified atom stereocenters. The average molecular weight is 460 g/mol. The highest BCUT2D eigenvalue weighted by Gasteiger charge is 2.14. The maximum Gasteiger partial charge on any atom is 0.270 e. The summed E-state index contributed by atoms with van der Waals surface area (Å²) in [5, 5.41) is 5.84. The first kappa shape index (κ1) is 25.1.